The number of terminal acetylenes is 1. The van der Waals surface area contributed by atoms with Crippen LogP contribution in [0, 0.1) is 12.3 Å². The predicted octanol–water partition coefficient (Wildman–Crippen LogP) is 0.265. The summed E-state index contributed by atoms with van der Waals surface area (Å²) in [6, 6.07) is -0.667. The van der Waals surface area contributed by atoms with E-state index < -0.39 is 11.9 Å². The number of hydrogen-bond acceptors (Lipinski definition) is 2. The summed E-state index contributed by atoms with van der Waals surface area (Å²) in [5, 5.41) is 0. The third-order valence-corrected chi connectivity index (χ3v) is 2.82. The molecular formula is C11H16N2O2. The van der Waals surface area contributed by atoms with Crippen molar-refractivity contribution < 1.29 is 9.59 Å². The van der Waals surface area contributed by atoms with E-state index in [1.54, 1.807) is 0 Å². The first-order chi connectivity index (χ1) is 6.90. The van der Waals surface area contributed by atoms with Gasteiger partial charge in [0.2, 0.25) is 11.8 Å². The van der Waals surface area contributed by atoms with Crippen LogP contribution in [-0.4, -0.2) is 28.3 Å². The predicted molar refractivity (Wildman–Crippen MR) is 56.6 cm³/mol. The highest BCUT2D eigenvalue weighted by atomic mass is 16.2. The standard InChI is InChI=1S/C11H16N2O2/c1-4-5-8(10(12)15)13-9(14)6-7-11(13,2)3/h1,8H,5-7H2,2-3H3,(H2,12,15). The van der Waals surface area contributed by atoms with Crippen molar-refractivity contribution in [1.29, 1.82) is 0 Å². The van der Waals surface area contributed by atoms with Crippen molar-refractivity contribution in [1.82, 2.24) is 4.90 Å². The van der Waals surface area contributed by atoms with Crippen molar-refractivity contribution >= 4 is 11.8 Å². The molecule has 1 aliphatic heterocycles. The maximum atomic E-state index is 11.7. The first-order valence-corrected chi connectivity index (χ1v) is 4.95. The van der Waals surface area contributed by atoms with Crippen LogP contribution in [0.15, 0.2) is 0 Å². The zero-order valence-electron chi connectivity index (χ0n) is 9.12. The third kappa shape index (κ3) is 2.12. The Kier molecular flexibility index (Phi) is 3.04. The van der Waals surface area contributed by atoms with Crippen LogP contribution in [0.5, 0.6) is 0 Å². The van der Waals surface area contributed by atoms with Crippen LogP contribution < -0.4 is 5.73 Å². The quantitative estimate of drug-likeness (QED) is 0.676. The molecule has 82 valence electrons. The van der Waals surface area contributed by atoms with Crippen LogP contribution in [0.1, 0.15) is 33.1 Å². The summed E-state index contributed by atoms with van der Waals surface area (Å²) in [5.41, 5.74) is 4.93. The number of carbonyl (C=O) groups is 2. The molecule has 0 aromatic heterocycles. The SMILES string of the molecule is C#CCC(C(N)=O)N1C(=O)CCC1(C)C. The first-order valence-electron chi connectivity index (χ1n) is 4.95. The maximum Gasteiger partial charge on any atom is 0.241 e. The second-order valence-corrected chi connectivity index (χ2v) is 4.40. The van der Waals surface area contributed by atoms with Gasteiger partial charge in [0, 0.05) is 18.4 Å². The molecule has 1 unspecified atom stereocenters. The number of nitrogens with zero attached hydrogens (tertiary/aromatic N) is 1. The molecule has 0 radical (unpaired) electrons. The number of rotatable bonds is 3. The average Bonchev–Trinajstić information content (AvgIpc) is 2.38. The van der Waals surface area contributed by atoms with Crippen LogP contribution in [0.3, 0.4) is 0 Å². The van der Waals surface area contributed by atoms with Crippen LogP contribution in [0.25, 0.3) is 0 Å². The van der Waals surface area contributed by atoms with E-state index in [0.717, 1.165) is 6.42 Å². The Labute approximate surface area is 89.8 Å². The van der Waals surface area contributed by atoms with Gasteiger partial charge in [-0.05, 0) is 20.3 Å². The number of primary amides is 1. The minimum absolute atomic E-state index is 0.0425. The number of amides is 2. The molecule has 1 saturated heterocycles. The molecule has 4 heteroatoms. The molecule has 0 saturated carbocycles. The van der Waals surface area contributed by atoms with E-state index in [4.69, 9.17) is 12.2 Å². The summed E-state index contributed by atoms with van der Waals surface area (Å²) in [5.74, 6) is 1.82. The Morgan fingerprint density at radius 2 is 2.33 bits per heavy atom. The van der Waals surface area contributed by atoms with Crippen molar-refractivity contribution in [2.45, 2.75) is 44.7 Å². The van der Waals surface area contributed by atoms with Gasteiger partial charge in [-0.15, -0.1) is 12.3 Å². The molecule has 0 aliphatic carbocycles. The molecule has 1 atom stereocenters. The fraction of sp³-hybridized carbons (Fsp3) is 0.636. The highest BCUT2D eigenvalue weighted by Crippen LogP contribution is 2.32. The van der Waals surface area contributed by atoms with E-state index >= 15 is 0 Å². The molecular weight excluding hydrogens is 192 g/mol. The Morgan fingerprint density at radius 3 is 2.67 bits per heavy atom. The van der Waals surface area contributed by atoms with Gasteiger partial charge in [-0.25, -0.2) is 0 Å². The van der Waals surface area contributed by atoms with Crippen LogP contribution >= 0.6 is 0 Å². The van der Waals surface area contributed by atoms with E-state index in [2.05, 4.69) is 5.92 Å². The van der Waals surface area contributed by atoms with Crippen LogP contribution in [0.4, 0.5) is 0 Å². The normalized spacial score (nSPS) is 21.1. The van der Waals surface area contributed by atoms with Crippen molar-refractivity contribution in [3.8, 4) is 12.3 Å². The molecule has 4 nitrogen and oxygen atoms in total. The number of hydrogen-bond donors (Lipinski definition) is 1. The molecule has 1 aliphatic rings. The molecule has 2 amide bonds. The smallest absolute Gasteiger partial charge is 0.241 e. The van der Waals surface area contributed by atoms with E-state index in [1.807, 2.05) is 13.8 Å². The summed E-state index contributed by atoms with van der Waals surface area (Å²) in [4.78, 5) is 24.4. The number of likely N-dealkylation sites (tertiary alicyclic amines) is 1. The van der Waals surface area contributed by atoms with Crippen molar-refractivity contribution in [2.24, 2.45) is 5.73 Å². The zero-order valence-corrected chi connectivity index (χ0v) is 9.12. The molecule has 1 rings (SSSR count). The summed E-state index contributed by atoms with van der Waals surface area (Å²) in [6.45, 7) is 3.84. The van der Waals surface area contributed by atoms with Gasteiger partial charge < -0.3 is 10.6 Å². The van der Waals surface area contributed by atoms with E-state index in [9.17, 15) is 9.59 Å². The minimum Gasteiger partial charge on any atom is -0.368 e. The molecule has 1 heterocycles. The molecule has 2 N–H and O–H groups in total. The highest BCUT2D eigenvalue weighted by Gasteiger charge is 2.43. The van der Waals surface area contributed by atoms with Crippen molar-refractivity contribution in [3.63, 3.8) is 0 Å². The second-order valence-electron chi connectivity index (χ2n) is 4.40. The van der Waals surface area contributed by atoms with Crippen LogP contribution in [0.2, 0.25) is 0 Å². The lowest BCUT2D eigenvalue weighted by atomic mass is 9.99. The van der Waals surface area contributed by atoms with Gasteiger partial charge >= 0.3 is 0 Å². The monoisotopic (exact) mass is 208 g/mol. The summed E-state index contributed by atoms with van der Waals surface area (Å²) in [7, 11) is 0. The minimum atomic E-state index is -0.667. The second kappa shape index (κ2) is 3.93. The Hall–Kier alpha value is -1.50. The third-order valence-electron chi connectivity index (χ3n) is 2.82. The van der Waals surface area contributed by atoms with Gasteiger partial charge in [-0.3, -0.25) is 9.59 Å². The molecule has 0 aromatic rings. The largest absolute Gasteiger partial charge is 0.368 e. The van der Waals surface area contributed by atoms with Gasteiger partial charge in [-0.2, -0.15) is 0 Å². The van der Waals surface area contributed by atoms with Gasteiger partial charge in [-0.1, -0.05) is 0 Å². The van der Waals surface area contributed by atoms with Crippen molar-refractivity contribution in [3.05, 3.63) is 0 Å². The number of nitrogens with two attached hydrogens (primary N) is 1. The molecule has 0 spiro atoms. The van der Waals surface area contributed by atoms with Gasteiger partial charge in [0.15, 0.2) is 0 Å². The molecule has 1 fully saturated rings. The molecule has 0 bridgehead atoms. The van der Waals surface area contributed by atoms with E-state index in [1.165, 1.54) is 4.90 Å². The summed E-state index contributed by atoms with van der Waals surface area (Å²) < 4.78 is 0. The maximum absolute atomic E-state index is 11.7. The Bertz CT molecular complexity index is 328. The summed E-state index contributed by atoms with van der Waals surface area (Å²) >= 11 is 0. The lowest BCUT2D eigenvalue weighted by Crippen LogP contribution is -2.53. The fourth-order valence-corrected chi connectivity index (χ4v) is 2.02. The Morgan fingerprint density at radius 1 is 1.73 bits per heavy atom. The Balaban J connectivity index is 2.96. The molecule has 0 aromatic carbocycles. The zero-order chi connectivity index (χ0) is 11.6. The fourth-order valence-electron chi connectivity index (χ4n) is 2.02. The topological polar surface area (TPSA) is 63.4 Å². The van der Waals surface area contributed by atoms with E-state index in [-0.39, 0.29) is 17.9 Å². The lowest BCUT2D eigenvalue weighted by molar-refractivity contribution is -0.139. The van der Waals surface area contributed by atoms with Gasteiger partial charge in [0.1, 0.15) is 6.04 Å². The number of carbonyl (C=O) groups excluding carboxylic acids is 2. The average molecular weight is 208 g/mol. The van der Waals surface area contributed by atoms with Crippen LogP contribution in [-0.2, 0) is 9.59 Å². The lowest BCUT2D eigenvalue weighted by Gasteiger charge is -2.36. The van der Waals surface area contributed by atoms with E-state index in [0.29, 0.717) is 6.42 Å². The van der Waals surface area contributed by atoms with Crippen molar-refractivity contribution in [2.75, 3.05) is 0 Å². The summed E-state index contributed by atoms with van der Waals surface area (Å²) in [6.07, 6.45) is 6.55. The molecule has 15 heavy (non-hydrogen) atoms. The first kappa shape index (κ1) is 11.6. The van der Waals surface area contributed by atoms with Gasteiger partial charge in [0.25, 0.3) is 0 Å². The van der Waals surface area contributed by atoms with Gasteiger partial charge in [0.05, 0.1) is 0 Å². The highest BCUT2D eigenvalue weighted by molar-refractivity contribution is 5.88.